The first-order valence-electron chi connectivity index (χ1n) is 10.8. The summed E-state index contributed by atoms with van der Waals surface area (Å²) in [6.07, 6.45) is 1.32. The summed E-state index contributed by atoms with van der Waals surface area (Å²) in [6, 6.07) is 14.2. The molecule has 7 heteroatoms. The lowest BCUT2D eigenvalue weighted by molar-refractivity contribution is -0.114. The number of benzene rings is 2. The smallest absolute Gasteiger partial charge is 0.221 e. The number of nitrogens with one attached hydrogen (secondary N) is 2. The number of fused-ring (bicyclic) bond motifs is 1. The predicted octanol–water partition coefficient (Wildman–Crippen LogP) is 5.12. The van der Waals surface area contributed by atoms with Crippen molar-refractivity contribution >= 4 is 40.3 Å². The fraction of sp³-hybridized carbons (Fsp3) is 0.417. The minimum absolute atomic E-state index is 0.00797. The molecule has 0 aliphatic carbocycles. The molecule has 0 unspecified atom stereocenters. The zero-order valence-corrected chi connectivity index (χ0v) is 19.6. The van der Waals surface area contributed by atoms with Crippen LogP contribution < -0.4 is 10.0 Å². The molecular formula is C24H31N5OS. The minimum atomic E-state index is -0.0641. The molecule has 2 aromatic carbocycles. The number of rotatable bonds is 7. The van der Waals surface area contributed by atoms with Crippen LogP contribution >= 0.6 is 11.9 Å². The van der Waals surface area contributed by atoms with Gasteiger partial charge in [0, 0.05) is 41.7 Å². The standard InChI is InChI=1S/C24H31N5OS/c1-17(30)25-18-6-9-20(10-7-18)31-27-19-8-11-22-21(16-19)26-23(24(2,3)4)29(22)15-14-28-12-5-13-28/h6-11,16,27H,5,12-15H2,1-4H3,(H,25,30). The van der Waals surface area contributed by atoms with Gasteiger partial charge in [-0.2, -0.15) is 0 Å². The molecule has 0 radical (unpaired) electrons. The highest BCUT2D eigenvalue weighted by Gasteiger charge is 2.24. The van der Waals surface area contributed by atoms with Crippen molar-refractivity contribution in [3.63, 3.8) is 0 Å². The number of aromatic nitrogens is 2. The topological polar surface area (TPSA) is 62.2 Å². The number of amides is 1. The van der Waals surface area contributed by atoms with Crippen LogP contribution in [0.25, 0.3) is 11.0 Å². The number of nitrogens with zero attached hydrogens (tertiary/aromatic N) is 3. The third-order valence-corrected chi connectivity index (χ3v) is 6.31. The molecule has 6 nitrogen and oxygen atoms in total. The molecule has 31 heavy (non-hydrogen) atoms. The van der Waals surface area contributed by atoms with Crippen LogP contribution in [0.1, 0.15) is 39.9 Å². The number of imidazole rings is 1. The van der Waals surface area contributed by atoms with Crippen LogP contribution in [-0.2, 0) is 16.8 Å². The molecule has 3 aromatic rings. The van der Waals surface area contributed by atoms with E-state index in [-0.39, 0.29) is 11.3 Å². The maximum Gasteiger partial charge on any atom is 0.221 e. The minimum Gasteiger partial charge on any atom is -0.326 e. The van der Waals surface area contributed by atoms with Gasteiger partial charge in [0.05, 0.1) is 11.0 Å². The third kappa shape index (κ3) is 5.22. The lowest BCUT2D eigenvalue weighted by Crippen LogP contribution is -2.39. The van der Waals surface area contributed by atoms with E-state index in [1.165, 1.54) is 32.0 Å². The van der Waals surface area contributed by atoms with E-state index in [4.69, 9.17) is 4.98 Å². The van der Waals surface area contributed by atoms with Crippen molar-refractivity contribution in [3.8, 4) is 0 Å². The lowest BCUT2D eigenvalue weighted by atomic mass is 9.95. The van der Waals surface area contributed by atoms with Crippen LogP contribution in [0.15, 0.2) is 47.4 Å². The molecule has 164 valence electrons. The first-order valence-corrected chi connectivity index (χ1v) is 11.6. The Balaban J connectivity index is 1.49. The van der Waals surface area contributed by atoms with Crippen molar-refractivity contribution in [3.05, 3.63) is 48.3 Å². The van der Waals surface area contributed by atoms with Gasteiger partial charge in [-0.05, 0) is 73.9 Å². The van der Waals surface area contributed by atoms with Gasteiger partial charge in [0.25, 0.3) is 0 Å². The van der Waals surface area contributed by atoms with Crippen LogP contribution in [0.2, 0.25) is 0 Å². The highest BCUT2D eigenvalue weighted by molar-refractivity contribution is 8.00. The van der Waals surface area contributed by atoms with Crippen LogP contribution in [0.4, 0.5) is 11.4 Å². The summed E-state index contributed by atoms with van der Waals surface area (Å²) in [4.78, 5) is 19.7. The SMILES string of the molecule is CC(=O)Nc1ccc(SNc2ccc3c(c2)nc(C(C)(C)C)n3CCN2CCC2)cc1. The van der Waals surface area contributed by atoms with Crippen molar-refractivity contribution in [2.45, 2.75) is 51.0 Å². The number of hydrogen-bond acceptors (Lipinski definition) is 5. The Hall–Kier alpha value is -2.51. The molecule has 1 aliphatic heterocycles. The highest BCUT2D eigenvalue weighted by atomic mass is 32.2. The van der Waals surface area contributed by atoms with E-state index in [1.54, 1.807) is 11.9 Å². The van der Waals surface area contributed by atoms with Crippen molar-refractivity contribution in [1.29, 1.82) is 0 Å². The van der Waals surface area contributed by atoms with Gasteiger partial charge in [0.15, 0.2) is 0 Å². The molecule has 0 atom stereocenters. The maximum atomic E-state index is 11.2. The van der Waals surface area contributed by atoms with Gasteiger partial charge in [0.1, 0.15) is 5.82 Å². The van der Waals surface area contributed by atoms with Crippen molar-refractivity contribution in [1.82, 2.24) is 14.5 Å². The normalized spacial score (nSPS) is 14.5. The molecule has 1 fully saturated rings. The Morgan fingerprint density at radius 1 is 1.06 bits per heavy atom. The van der Waals surface area contributed by atoms with Crippen LogP contribution in [0.5, 0.6) is 0 Å². The monoisotopic (exact) mass is 437 g/mol. The van der Waals surface area contributed by atoms with E-state index in [0.29, 0.717) is 0 Å². The van der Waals surface area contributed by atoms with Gasteiger partial charge in [-0.25, -0.2) is 4.98 Å². The van der Waals surface area contributed by atoms with E-state index in [0.717, 1.165) is 40.7 Å². The van der Waals surface area contributed by atoms with E-state index in [1.807, 2.05) is 24.3 Å². The van der Waals surface area contributed by atoms with E-state index < -0.39 is 0 Å². The quantitative estimate of drug-likeness (QED) is 0.503. The second kappa shape index (κ2) is 8.93. The van der Waals surface area contributed by atoms with Gasteiger partial charge < -0.3 is 19.5 Å². The molecule has 1 saturated heterocycles. The molecule has 0 saturated carbocycles. The predicted molar refractivity (Wildman–Crippen MR) is 130 cm³/mol. The number of likely N-dealkylation sites (tertiary alicyclic amines) is 1. The lowest BCUT2D eigenvalue weighted by Gasteiger charge is -2.31. The van der Waals surface area contributed by atoms with Crippen molar-refractivity contribution in [2.75, 3.05) is 29.7 Å². The Bertz CT molecular complexity index is 1060. The van der Waals surface area contributed by atoms with Crippen LogP contribution in [0, 0.1) is 0 Å². The number of carbonyl (C=O) groups is 1. The van der Waals surface area contributed by atoms with Crippen LogP contribution in [-0.4, -0.2) is 40.0 Å². The third-order valence-electron chi connectivity index (χ3n) is 5.47. The maximum absolute atomic E-state index is 11.2. The van der Waals surface area contributed by atoms with Gasteiger partial charge >= 0.3 is 0 Å². The zero-order valence-electron chi connectivity index (χ0n) is 18.7. The van der Waals surface area contributed by atoms with Gasteiger partial charge in [0.2, 0.25) is 5.91 Å². The molecule has 0 bridgehead atoms. The fourth-order valence-corrected chi connectivity index (χ4v) is 4.40. The molecule has 2 N–H and O–H groups in total. The Kier molecular flexibility index (Phi) is 6.25. The van der Waals surface area contributed by atoms with E-state index in [2.05, 4.69) is 58.5 Å². The largest absolute Gasteiger partial charge is 0.326 e. The summed E-state index contributed by atoms with van der Waals surface area (Å²) < 4.78 is 5.82. The van der Waals surface area contributed by atoms with E-state index in [9.17, 15) is 4.79 Å². The summed E-state index contributed by atoms with van der Waals surface area (Å²) in [7, 11) is 0. The zero-order chi connectivity index (χ0) is 22.0. The average molecular weight is 438 g/mol. The first-order chi connectivity index (χ1) is 14.8. The summed E-state index contributed by atoms with van der Waals surface area (Å²) in [6.45, 7) is 12.7. The Morgan fingerprint density at radius 2 is 1.77 bits per heavy atom. The number of hydrogen-bond donors (Lipinski definition) is 2. The van der Waals surface area contributed by atoms with Crippen molar-refractivity contribution < 1.29 is 4.79 Å². The van der Waals surface area contributed by atoms with E-state index >= 15 is 0 Å². The Labute approximate surface area is 188 Å². The molecule has 1 amide bonds. The summed E-state index contributed by atoms with van der Waals surface area (Å²) >= 11 is 1.55. The molecule has 1 aliphatic rings. The highest BCUT2D eigenvalue weighted by Crippen LogP contribution is 2.30. The van der Waals surface area contributed by atoms with Crippen LogP contribution in [0.3, 0.4) is 0 Å². The number of anilines is 2. The molecule has 1 aromatic heterocycles. The average Bonchev–Trinajstić information content (AvgIpc) is 3.04. The first kappa shape index (κ1) is 21.7. The van der Waals surface area contributed by atoms with Gasteiger partial charge in [-0.15, -0.1) is 0 Å². The van der Waals surface area contributed by atoms with Crippen molar-refractivity contribution in [2.24, 2.45) is 0 Å². The summed E-state index contributed by atoms with van der Waals surface area (Å²) in [5, 5.41) is 2.79. The fourth-order valence-electron chi connectivity index (χ4n) is 3.77. The Morgan fingerprint density at radius 3 is 2.39 bits per heavy atom. The van der Waals surface area contributed by atoms with Gasteiger partial charge in [-0.3, -0.25) is 4.79 Å². The molecule has 4 rings (SSSR count). The molecule has 2 heterocycles. The second-order valence-electron chi connectivity index (χ2n) is 9.15. The summed E-state index contributed by atoms with van der Waals surface area (Å²) in [5.41, 5.74) is 4.04. The van der Waals surface area contributed by atoms with Gasteiger partial charge in [-0.1, -0.05) is 20.8 Å². The molecular weight excluding hydrogens is 406 g/mol. The number of carbonyl (C=O) groups excluding carboxylic acids is 1. The summed E-state index contributed by atoms with van der Waals surface area (Å²) in [5.74, 6) is 1.08. The second-order valence-corrected chi connectivity index (χ2v) is 10.0. The molecule has 0 spiro atoms.